The second-order valence-electron chi connectivity index (χ2n) is 5.61. The van der Waals surface area contributed by atoms with Crippen molar-refractivity contribution in [2.45, 2.75) is 69.7 Å². The standard InChI is InChI=1S/C13H21NO3/c15-12-7-3-2-6-11(10-12)13(14(16)17)8-4-1-5-9-13/h11H,1-10H2/t11-/m0/s1. The summed E-state index contributed by atoms with van der Waals surface area (Å²) in [6.07, 6.45) is 8.20. The van der Waals surface area contributed by atoms with Gasteiger partial charge in [0, 0.05) is 36.5 Å². The molecule has 0 bridgehead atoms. The summed E-state index contributed by atoms with van der Waals surface area (Å²) in [5.74, 6) is 0.229. The van der Waals surface area contributed by atoms with Crippen molar-refractivity contribution < 1.29 is 9.72 Å². The lowest BCUT2D eigenvalue weighted by Gasteiger charge is -2.35. The third kappa shape index (κ3) is 2.50. The van der Waals surface area contributed by atoms with Gasteiger partial charge in [0.2, 0.25) is 5.54 Å². The largest absolute Gasteiger partial charge is 0.300 e. The summed E-state index contributed by atoms with van der Waals surface area (Å²) in [7, 11) is 0. The van der Waals surface area contributed by atoms with Gasteiger partial charge in [0.25, 0.3) is 0 Å². The first kappa shape index (κ1) is 12.5. The van der Waals surface area contributed by atoms with Crippen molar-refractivity contribution in [3.8, 4) is 0 Å². The number of rotatable bonds is 2. The second kappa shape index (κ2) is 5.15. The highest BCUT2D eigenvalue weighted by Gasteiger charge is 2.51. The maximum Gasteiger partial charge on any atom is 0.225 e. The van der Waals surface area contributed by atoms with Crippen molar-refractivity contribution in [1.82, 2.24) is 0 Å². The van der Waals surface area contributed by atoms with Crippen molar-refractivity contribution in [1.29, 1.82) is 0 Å². The van der Waals surface area contributed by atoms with Gasteiger partial charge in [0.05, 0.1) is 0 Å². The molecule has 2 rings (SSSR count). The van der Waals surface area contributed by atoms with Crippen LogP contribution in [0.3, 0.4) is 0 Å². The lowest BCUT2D eigenvalue weighted by Crippen LogP contribution is -2.47. The number of ketones is 1. The monoisotopic (exact) mass is 239 g/mol. The average molecular weight is 239 g/mol. The molecule has 0 aromatic rings. The van der Waals surface area contributed by atoms with E-state index in [2.05, 4.69) is 0 Å². The van der Waals surface area contributed by atoms with Crippen molar-refractivity contribution in [3.63, 3.8) is 0 Å². The molecule has 96 valence electrons. The number of hydrogen-bond acceptors (Lipinski definition) is 3. The number of carbonyl (C=O) groups is 1. The van der Waals surface area contributed by atoms with E-state index in [1.807, 2.05) is 0 Å². The molecule has 1 atom stereocenters. The van der Waals surface area contributed by atoms with Crippen LogP contribution < -0.4 is 0 Å². The number of nitrogens with zero attached hydrogens (tertiary/aromatic N) is 1. The minimum absolute atomic E-state index is 0.00667. The zero-order valence-corrected chi connectivity index (χ0v) is 10.3. The minimum atomic E-state index is -0.780. The first-order valence-electron chi connectivity index (χ1n) is 6.81. The third-order valence-electron chi connectivity index (χ3n) is 4.58. The van der Waals surface area contributed by atoms with Crippen LogP contribution in [-0.4, -0.2) is 16.2 Å². The van der Waals surface area contributed by atoms with Crippen LogP contribution in [0.5, 0.6) is 0 Å². The smallest absolute Gasteiger partial charge is 0.225 e. The Hall–Kier alpha value is -0.930. The summed E-state index contributed by atoms with van der Waals surface area (Å²) in [5, 5.41) is 11.5. The van der Waals surface area contributed by atoms with E-state index in [4.69, 9.17) is 0 Å². The number of nitro groups is 1. The topological polar surface area (TPSA) is 60.2 Å². The quantitative estimate of drug-likeness (QED) is 0.422. The molecule has 0 amide bonds. The molecule has 0 aromatic carbocycles. The van der Waals surface area contributed by atoms with Crippen LogP contribution in [0.25, 0.3) is 0 Å². The zero-order valence-electron chi connectivity index (χ0n) is 10.3. The summed E-state index contributed by atoms with van der Waals surface area (Å²) in [6.45, 7) is 0. The molecule has 2 aliphatic rings. The Balaban J connectivity index is 2.19. The van der Waals surface area contributed by atoms with Crippen LogP contribution in [0.2, 0.25) is 0 Å². The Morgan fingerprint density at radius 1 is 1.12 bits per heavy atom. The van der Waals surface area contributed by atoms with Gasteiger partial charge in [-0.1, -0.05) is 12.8 Å². The minimum Gasteiger partial charge on any atom is -0.300 e. The molecule has 4 nitrogen and oxygen atoms in total. The van der Waals surface area contributed by atoms with Crippen LogP contribution in [0.1, 0.15) is 64.2 Å². The highest BCUT2D eigenvalue weighted by atomic mass is 16.6. The Labute approximate surface area is 102 Å². The molecule has 17 heavy (non-hydrogen) atoms. The summed E-state index contributed by atoms with van der Waals surface area (Å²) < 4.78 is 0. The predicted octanol–water partition coefficient (Wildman–Crippen LogP) is 3.12. The fourth-order valence-corrected chi connectivity index (χ4v) is 3.55. The van der Waals surface area contributed by atoms with E-state index >= 15 is 0 Å². The lowest BCUT2D eigenvalue weighted by atomic mass is 9.70. The fraction of sp³-hybridized carbons (Fsp3) is 0.923. The summed E-state index contributed by atoms with van der Waals surface area (Å²) in [5.41, 5.74) is -0.780. The van der Waals surface area contributed by atoms with Gasteiger partial charge in [-0.3, -0.25) is 14.9 Å². The van der Waals surface area contributed by atoms with E-state index in [0.717, 1.165) is 38.5 Å². The highest BCUT2D eigenvalue weighted by Crippen LogP contribution is 2.42. The van der Waals surface area contributed by atoms with Crippen LogP contribution in [0.15, 0.2) is 0 Å². The molecule has 0 unspecified atom stereocenters. The van der Waals surface area contributed by atoms with Gasteiger partial charge in [0.15, 0.2) is 0 Å². The number of Topliss-reactive ketones (excluding diaryl/α,β-unsaturated/α-hetero) is 1. The molecule has 0 N–H and O–H groups in total. The SMILES string of the molecule is O=C1CCCC[C@H](C2([N+](=O)[O-])CCCCC2)C1. The van der Waals surface area contributed by atoms with Crippen molar-refractivity contribution in [2.24, 2.45) is 5.92 Å². The first-order valence-corrected chi connectivity index (χ1v) is 6.81. The van der Waals surface area contributed by atoms with E-state index in [9.17, 15) is 14.9 Å². The van der Waals surface area contributed by atoms with Gasteiger partial charge in [-0.25, -0.2) is 0 Å². The van der Waals surface area contributed by atoms with Crippen LogP contribution in [0.4, 0.5) is 0 Å². The van der Waals surface area contributed by atoms with Gasteiger partial charge in [-0.05, 0) is 25.7 Å². The van der Waals surface area contributed by atoms with Crippen LogP contribution in [0, 0.1) is 16.0 Å². The third-order valence-corrected chi connectivity index (χ3v) is 4.58. The van der Waals surface area contributed by atoms with E-state index in [1.54, 1.807) is 0 Å². The second-order valence-corrected chi connectivity index (χ2v) is 5.61. The maximum atomic E-state index is 11.7. The van der Waals surface area contributed by atoms with Gasteiger partial charge in [-0.15, -0.1) is 0 Å². The van der Waals surface area contributed by atoms with E-state index in [0.29, 0.717) is 25.7 Å². The number of hydrogen-bond donors (Lipinski definition) is 0. The highest BCUT2D eigenvalue weighted by molar-refractivity contribution is 5.78. The van der Waals surface area contributed by atoms with E-state index in [-0.39, 0.29) is 16.6 Å². The van der Waals surface area contributed by atoms with Crippen LogP contribution >= 0.6 is 0 Å². The average Bonchev–Trinajstić information content (AvgIpc) is 2.55. The Bertz CT molecular complexity index is 308. The van der Waals surface area contributed by atoms with Gasteiger partial charge in [0.1, 0.15) is 5.78 Å². The first-order chi connectivity index (χ1) is 8.15. The fourth-order valence-electron chi connectivity index (χ4n) is 3.55. The molecule has 2 saturated carbocycles. The lowest BCUT2D eigenvalue weighted by molar-refractivity contribution is -0.586. The Morgan fingerprint density at radius 2 is 1.82 bits per heavy atom. The van der Waals surface area contributed by atoms with Gasteiger partial charge >= 0.3 is 0 Å². The maximum absolute atomic E-state index is 11.7. The molecule has 0 aromatic heterocycles. The molecule has 0 heterocycles. The normalized spacial score (nSPS) is 29.6. The van der Waals surface area contributed by atoms with Crippen molar-refractivity contribution in [3.05, 3.63) is 10.1 Å². The molecular weight excluding hydrogens is 218 g/mol. The summed E-state index contributed by atoms with van der Waals surface area (Å²) in [6, 6.07) is 0. The zero-order chi connectivity index (χ0) is 12.3. The molecule has 0 radical (unpaired) electrons. The van der Waals surface area contributed by atoms with E-state index in [1.165, 1.54) is 0 Å². The van der Waals surface area contributed by atoms with Gasteiger partial charge < -0.3 is 0 Å². The molecule has 0 saturated heterocycles. The summed E-state index contributed by atoms with van der Waals surface area (Å²) >= 11 is 0. The molecule has 0 aliphatic heterocycles. The molecule has 2 fully saturated rings. The molecular formula is C13H21NO3. The molecule has 2 aliphatic carbocycles. The van der Waals surface area contributed by atoms with Crippen molar-refractivity contribution >= 4 is 5.78 Å². The predicted molar refractivity (Wildman–Crippen MR) is 64.4 cm³/mol. The molecule has 4 heteroatoms. The van der Waals surface area contributed by atoms with Crippen LogP contribution in [-0.2, 0) is 4.79 Å². The Kier molecular flexibility index (Phi) is 3.79. The van der Waals surface area contributed by atoms with Gasteiger partial charge in [-0.2, -0.15) is 0 Å². The summed E-state index contributed by atoms with van der Waals surface area (Å²) in [4.78, 5) is 23.1. The van der Waals surface area contributed by atoms with E-state index < -0.39 is 5.54 Å². The van der Waals surface area contributed by atoms with Crippen molar-refractivity contribution in [2.75, 3.05) is 0 Å². The molecule has 0 spiro atoms. The Morgan fingerprint density at radius 3 is 2.47 bits per heavy atom. The number of carbonyl (C=O) groups excluding carboxylic acids is 1.